The Morgan fingerprint density at radius 3 is 1.82 bits per heavy atom. The van der Waals surface area contributed by atoms with Crippen LogP contribution in [0.25, 0.3) is 22.3 Å². The molecule has 3 aromatic carbocycles. The standard InChI is InChI=1S/C25H25.C12H19.C11H14.2ClH.Zr/c1-14-12-24(3,4)22-8-16-7-17-9-23-19(15(2)13-25(23,5)6)11-21(17)20(16)10-18(14)22;1-6-10-7-9(2)8-11(10)12(3,4)5;1-9-5-7-10(8-6-9)11(2,3)4;;;/h8-12H,7H2,1-6H3;8-9H,6H2,1-5H3;1,5-8H,2-4H3;2*1H;/q2*-1;;;;+2/p-2. The van der Waals surface area contributed by atoms with Gasteiger partial charge in [0, 0.05) is 5.41 Å². The summed E-state index contributed by atoms with van der Waals surface area (Å²) < 4.78 is 2.21. The molecule has 1 atom stereocenters. The van der Waals surface area contributed by atoms with Crippen molar-refractivity contribution >= 4 is 14.9 Å². The molecule has 0 amide bonds. The van der Waals surface area contributed by atoms with Crippen LogP contribution in [0.1, 0.15) is 148 Å². The minimum atomic E-state index is 0. The number of fused-ring (bicyclic) bond motifs is 5. The van der Waals surface area contributed by atoms with Gasteiger partial charge in [-0.05, 0) is 58.4 Å². The Balaban J connectivity index is 0.000000229. The number of benzene rings is 3. The van der Waals surface area contributed by atoms with Crippen LogP contribution in [-0.4, -0.2) is 3.71 Å². The van der Waals surface area contributed by atoms with Gasteiger partial charge in [-0.2, -0.15) is 17.2 Å². The van der Waals surface area contributed by atoms with Gasteiger partial charge in [-0.15, -0.1) is 11.6 Å². The average molecular weight is 797 g/mol. The number of rotatable bonds is 2. The van der Waals surface area contributed by atoms with Crippen molar-refractivity contribution < 1.29 is 49.0 Å². The van der Waals surface area contributed by atoms with Crippen molar-refractivity contribution in [1.82, 2.24) is 0 Å². The van der Waals surface area contributed by atoms with Gasteiger partial charge in [0.05, 0.1) is 0 Å². The average Bonchev–Trinajstić information content (AvgIpc) is 3.70. The number of hydrogen-bond acceptors (Lipinski definition) is 0. The van der Waals surface area contributed by atoms with Crippen LogP contribution in [0.4, 0.5) is 0 Å². The van der Waals surface area contributed by atoms with Gasteiger partial charge in [0.25, 0.3) is 0 Å². The van der Waals surface area contributed by atoms with E-state index in [9.17, 15) is 0 Å². The summed E-state index contributed by atoms with van der Waals surface area (Å²) in [5, 5.41) is 0. The predicted molar refractivity (Wildman–Crippen MR) is 211 cm³/mol. The molecule has 1 unspecified atom stereocenters. The Morgan fingerprint density at radius 2 is 1.33 bits per heavy atom. The van der Waals surface area contributed by atoms with Crippen LogP contribution < -0.4 is 24.8 Å². The van der Waals surface area contributed by atoms with E-state index in [1.165, 1.54) is 102 Å². The largest absolute Gasteiger partial charge is 1.00 e. The van der Waals surface area contributed by atoms with Gasteiger partial charge in [0.2, 0.25) is 0 Å². The maximum Gasteiger partial charge on any atom is 0.00873 e. The maximum atomic E-state index is 3.65. The zero-order valence-electron chi connectivity index (χ0n) is 33.6. The van der Waals surface area contributed by atoms with Crippen molar-refractivity contribution in [3.63, 3.8) is 0 Å². The molecule has 0 saturated heterocycles. The third kappa shape index (κ3) is 9.02. The van der Waals surface area contributed by atoms with Gasteiger partial charge in [-0.25, -0.2) is 11.1 Å². The fourth-order valence-electron chi connectivity index (χ4n) is 8.09. The number of halogens is 2. The summed E-state index contributed by atoms with van der Waals surface area (Å²) in [7, 11) is 0. The Hall–Kier alpha value is -2.05. The van der Waals surface area contributed by atoms with E-state index in [1.807, 2.05) is 0 Å². The fraction of sp³-hybridized carbons (Fsp3) is 0.438. The third-order valence-electron chi connectivity index (χ3n) is 10.7. The van der Waals surface area contributed by atoms with E-state index in [-0.39, 0.29) is 41.1 Å². The molecular weight excluding hydrogens is 739 g/mol. The van der Waals surface area contributed by atoms with Gasteiger partial charge in [0.15, 0.2) is 0 Å². The van der Waals surface area contributed by atoms with Crippen molar-refractivity contribution in [3.05, 3.63) is 128 Å². The summed E-state index contributed by atoms with van der Waals surface area (Å²) in [6.45, 7) is 31.6. The topological polar surface area (TPSA) is 0 Å². The summed E-state index contributed by atoms with van der Waals surface area (Å²) in [4.78, 5) is 0. The van der Waals surface area contributed by atoms with Gasteiger partial charge in [0.1, 0.15) is 0 Å². The Bertz CT molecular complexity index is 1830. The zero-order valence-corrected chi connectivity index (χ0v) is 37.6. The molecule has 270 valence electrons. The van der Waals surface area contributed by atoms with Crippen LogP contribution in [0.5, 0.6) is 0 Å². The quantitative estimate of drug-likeness (QED) is 0.194. The van der Waals surface area contributed by atoms with Crippen molar-refractivity contribution in [1.29, 1.82) is 0 Å². The van der Waals surface area contributed by atoms with Crippen molar-refractivity contribution in [2.24, 2.45) is 11.3 Å². The minimum absolute atomic E-state index is 0. The Labute approximate surface area is 338 Å². The summed E-state index contributed by atoms with van der Waals surface area (Å²) in [6, 6.07) is 18.6. The smallest absolute Gasteiger partial charge is 0.00873 e. The van der Waals surface area contributed by atoms with E-state index in [4.69, 9.17) is 0 Å². The molecule has 0 aliphatic heterocycles. The molecule has 0 bridgehead atoms. The third-order valence-corrected chi connectivity index (χ3v) is 11.5. The Morgan fingerprint density at radius 1 is 0.784 bits per heavy atom. The fourth-order valence-corrected chi connectivity index (χ4v) is 8.57. The SMILES string of the molecule is CC(C)(C)c1ccc([CH]=[Zr+2])cc1.CC1=[C-]C(C)(C)c2cc3c(cc21)-c1cc2c(cc1C3)C(C)(C)C=C2C.CCC1=[C-]C(C)C=C1C(C)(C)C.[Cl-].[Cl-]. The van der Waals surface area contributed by atoms with E-state index in [0.717, 1.165) is 12.8 Å². The van der Waals surface area contributed by atoms with Gasteiger partial charge in [-0.1, -0.05) is 111 Å². The monoisotopic (exact) mass is 794 g/mol. The minimum Gasteiger partial charge on any atom is -1.00 e. The van der Waals surface area contributed by atoms with Crippen LogP contribution in [0, 0.1) is 23.5 Å². The molecule has 7 rings (SSSR count). The number of hydrogen-bond donors (Lipinski definition) is 0. The van der Waals surface area contributed by atoms with Crippen molar-refractivity contribution in [3.8, 4) is 11.1 Å². The second-order valence-electron chi connectivity index (χ2n) is 17.8. The van der Waals surface area contributed by atoms with Crippen molar-refractivity contribution in [2.45, 2.75) is 126 Å². The summed E-state index contributed by atoms with van der Waals surface area (Å²) in [5.41, 5.74) is 20.8. The molecule has 0 aromatic heterocycles. The van der Waals surface area contributed by atoms with Crippen LogP contribution in [0.2, 0.25) is 0 Å². The number of allylic oxidation sites excluding steroid dienone is 8. The molecule has 0 spiro atoms. The molecule has 4 aliphatic rings. The van der Waals surface area contributed by atoms with Gasteiger partial charge in [-0.3, -0.25) is 12.2 Å². The molecule has 3 aromatic rings. The van der Waals surface area contributed by atoms with Crippen LogP contribution in [-0.2, 0) is 46.9 Å². The predicted octanol–water partition coefficient (Wildman–Crippen LogP) is 6.89. The van der Waals surface area contributed by atoms with E-state index in [1.54, 1.807) is 0 Å². The molecule has 4 aliphatic carbocycles. The summed E-state index contributed by atoms with van der Waals surface area (Å²) in [5.74, 6) is 0.522. The van der Waals surface area contributed by atoms with Gasteiger partial charge < -0.3 is 24.8 Å². The molecule has 0 radical (unpaired) electrons. The van der Waals surface area contributed by atoms with Crippen LogP contribution in [0.15, 0.2) is 71.8 Å². The van der Waals surface area contributed by atoms with Crippen LogP contribution in [0.3, 0.4) is 0 Å². The molecular formula is C48H58Cl2Zr-2. The van der Waals surface area contributed by atoms with E-state index in [0.29, 0.717) is 11.3 Å². The molecule has 0 N–H and O–H groups in total. The molecule has 0 saturated carbocycles. The summed E-state index contributed by atoms with van der Waals surface area (Å²) >= 11 is 1.46. The first kappa shape index (κ1) is 43.4. The molecule has 3 heteroatoms. The maximum absolute atomic E-state index is 3.65. The van der Waals surface area contributed by atoms with E-state index in [2.05, 4.69) is 173 Å². The second-order valence-corrected chi connectivity index (χ2v) is 18.5. The molecule has 51 heavy (non-hydrogen) atoms. The molecule has 0 nitrogen and oxygen atoms in total. The first-order valence-electron chi connectivity index (χ1n) is 18.3. The summed E-state index contributed by atoms with van der Waals surface area (Å²) in [6.07, 6.45) is 14.1. The molecule has 0 heterocycles. The second kappa shape index (κ2) is 15.7. The first-order chi connectivity index (χ1) is 22.7. The Kier molecular flexibility index (Phi) is 13.4. The normalized spacial score (nSPS) is 18.4. The zero-order chi connectivity index (χ0) is 36.3. The van der Waals surface area contributed by atoms with Crippen LogP contribution >= 0.6 is 0 Å². The molecule has 0 fully saturated rings. The van der Waals surface area contributed by atoms with E-state index < -0.39 is 0 Å². The van der Waals surface area contributed by atoms with Crippen molar-refractivity contribution in [2.75, 3.05) is 0 Å². The first-order valence-corrected chi connectivity index (χ1v) is 19.7. The van der Waals surface area contributed by atoms with Gasteiger partial charge >= 0.3 is 89.5 Å². The van der Waals surface area contributed by atoms with E-state index >= 15 is 0 Å².